The number of nitrogens with zero attached hydrogens (tertiary/aromatic N) is 3. The second-order valence-electron chi connectivity index (χ2n) is 12.2. The minimum absolute atomic E-state index is 0.0115. The van der Waals surface area contributed by atoms with Gasteiger partial charge >= 0.3 is 6.36 Å². The number of aromatic nitrogens is 3. The summed E-state index contributed by atoms with van der Waals surface area (Å²) < 4.78 is 42.3. The molecule has 0 bridgehead atoms. The molecule has 1 unspecified atom stereocenters. The molecule has 2 N–H and O–H groups in total. The van der Waals surface area contributed by atoms with Crippen LogP contribution in [-0.2, 0) is 23.2 Å². The van der Waals surface area contributed by atoms with E-state index < -0.39 is 23.8 Å². The van der Waals surface area contributed by atoms with Gasteiger partial charge in [0.2, 0.25) is 0 Å². The Balaban J connectivity index is 1.11. The van der Waals surface area contributed by atoms with E-state index in [0.717, 1.165) is 29.5 Å². The molecule has 1 atom stereocenters. The third kappa shape index (κ3) is 6.33. The number of hydrogen-bond acceptors (Lipinski definition) is 6. The lowest BCUT2D eigenvalue weighted by Crippen LogP contribution is -2.36. The van der Waals surface area contributed by atoms with E-state index in [4.69, 9.17) is 4.98 Å². The first-order valence-electron chi connectivity index (χ1n) is 15.7. The zero-order valence-electron chi connectivity index (χ0n) is 25.7. The number of aryl methyl sites for hydroxylation is 1. The SMILES string of the molecule is O=C(C(O)c1cccc(-c2cccc(OC(F)(F)F)c2)c1)N1CCCc2nc(C3(c4cncc(-c5ccccc5)c4)CC3)[nH]c(=O)c2C1. The summed E-state index contributed by atoms with van der Waals surface area (Å²) in [4.78, 5) is 41.1. The molecular formula is C37H31F3N4O4. The fourth-order valence-corrected chi connectivity index (χ4v) is 6.39. The fourth-order valence-electron chi connectivity index (χ4n) is 6.39. The molecule has 1 fully saturated rings. The lowest BCUT2D eigenvalue weighted by Gasteiger charge is -2.24. The van der Waals surface area contributed by atoms with E-state index in [9.17, 15) is 27.9 Å². The third-order valence-corrected chi connectivity index (χ3v) is 9.04. The van der Waals surface area contributed by atoms with Crippen molar-refractivity contribution < 1.29 is 27.8 Å². The molecule has 11 heteroatoms. The number of amides is 1. The number of carbonyl (C=O) groups is 1. The molecule has 3 aromatic carbocycles. The molecule has 8 nitrogen and oxygen atoms in total. The highest BCUT2D eigenvalue weighted by molar-refractivity contribution is 5.83. The molecule has 2 aromatic heterocycles. The van der Waals surface area contributed by atoms with Crippen molar-refractivity contribution in [3.05, 3.63) is 136 Å². The maximum Gasteiger partial charge on any atom is 0.573 e. The number of nitrogens with one attached hydrogen (secondary N) is 1. The molecule has 2 aliphatic rings. The Labute approximate surface area is 273 Å². The fraction of sp³-hybridized carbons (Fsp3) is 0.243. The first-order chi connectivity index (χ1) is 23.1. The topological polar surface area (TPSA) is 108 Å². The van der Waals surface area contributed by atoms with Crippen molar-refractivity contribution in [2.45, 2.75) is 50.1 Å². The van der Waals surface area contributed by atoms with Crippen molar-refractivity contribution in [1.82, 2.24) is 19.9 Å². The number of carbonyl (C=O) groups excluding carboxylic acids is 1. The van der Waals surface area contributed by atoms with Gasteiger partial charge in [0.15, 0.2) is 6.10 Å². The van der Waals surface area contributed by atoms with Crippen molar-refractivity contribution in [3.8, 4) is 28.0 Å². The number of aliphatic hydroxyl groups is 1. The van der Waals surface area contributed by atoms with Crippen molar-refractivity contribution in [3.63, 3.8) is 0 Å². The molecule has 0 radical (unpaired) electrons. The zero-order valence-corrected chi connectivity index (χ0v) is 25.7. The van der Waals surface area contributed by atoms with Crippen LogP contribution >= 0.6 is 0 Å². The number of hydrogen-bond donors (Lipinski definition) is 2. The standard InChI is InChI=1S/C37H31F3N4O4/c38-37(39,40)48-29-12-5-10-25(19-29)24-9-4-11-26(17-24)32(45)34(47)44-16-6-13-31-30(22-44)33(46)43-35(42-31)36(14-15-36)28-18-27(20-41-21-28)23-7-2-1-3-8-23/h1-5,7-12,17-21,32,45H,6,13-16,22H2,(H,42,43,46). The monoisotopic (exact) mass is 652 g/mol. The number of H-pyrrole nitrogens is 1. The maximum absolute atomic E-state index is 13.6. The molecule has 5 aromatic rings. The highest BCUT2D eigenvalue weighted by Crippen LogP contribution is 2.52. The summed E-state index contributed by atoms with van der Waals surface area (Å²) in [5.41, 5.74) is 4.49. The van der Waals surface area contributed by atoms with Crippen LogP contribution in [0, 0.1) is 0 Å². The molecule has 1 saturated carbocycles. The third-order valence-electron chi connectivity index (χ3n) is 9.04. The van der Waals surface area contributed by atoms with E-state index in [2.05, 4.69) is 20.8 Å². The van der Waals surface area contributed by atoms with Crippen LogP contribution in [0.5, 0.6) is 5.75 Å². The Morgan fingerprint density at radius 2 is 1.65 bits per heavy atom. The molecule has 7 rings (SSSR count). The number of pyridine rings is 1. The highest BCUT2D eigenvalue weighted by Gasteiger charge is 2.49. The van der Waals surface area contributed by atoms with E-state index >= 15 is 0 Å². The van der Waals surface area contributed by atoms with Gasteiger partial charge in [-0.25, -0.2) is 4.98 Å². The van der Waals surface area contributed by atoms with Crippen LogP contribution in [0.4, 0.5) is 13.2 Å². The largest absolute Gasteiger partial charge is 0.573 e. The van der Waals surface area contributed by atoms with Crippen molar-refractivity contribution in [2.75, 3.05) is 6.54 Å². The Hall–Kier alpha value is -5.29. The predicted octanol–water partition coefficient (Wildman–Crippen LogP) is 6.49. The van der Waals surface area contributed by atoms with Gasteiger partial charge in [-0.2, -0.15) is 0 Å². The van der Waals surface area contributed by atoms with Crippen molar-refractivity contribution in [2.24, 2.45) is 0 Å². The molecule has 3 heterocycles. The normalized spacial score (nSPS) is 16.0. The Morgan fingerprint density at radius 3 is 2.40 bits per heavy atom. The van der Waals surface area contributed by atoms with E-state index in [1.165, 1.54) is 23.1 Å². The molecule has 1 aliphatic carbocycles. The number of ether oxygens (including phenoxy) is 1. The van der Waals surface area contributed by atoms with Gasteiger partial charge in [-0.15, -0.1) is 13.2 Å². The van der Waals surface area contributed by atoms with Gasteiger partial charge in [0.05, 0.1) is 23.2 Å². The van der Waals surface area contributed by atoms with Gasteiger partial charge in [-0.05, 0) is 77.8 Å². The highest BCUT2D eigenvalue weighted by atomic mass is 19.4. The van der Waals surface area contributed by atoms with Gasteiger partial charge in [0, 0.05) is 24.5 Å². The summed E-state index contributed by atoms with van der Waals surface area (Å²) in [5, 5.41) is 11.1. The van der Waals surface area contributed by atoms with E-state index in [1.54, 1.807) is 30.3 Å². The smallest absolute Gasteiger partial charge is 0.406 e. The molecule has 1 aliphatic heterocycles. The Bertz CT molecular complexity index is 2040. The summed E-state index contributed by atoms with van der Waals surface area (Å²) in [6, 6.07) is 24.0. The number of halogens is 3. The van der Waals surface area contributed by atoms with E-state index in [-0.39, 0.29) is 23.4 Å². The van der Waals surface area contributed by atoms with Gasteiger partial charge in [-0.3, -0.25) is 14.6 Å². The van der Waals surface area contributed by atoms with Gasteiger partial charge < -0.3 is 19.7 Å². The van der Waals surface area contributed by atoms with Gasteiger partial charge in [0.1, 0.15) is 11.6 Å². The Morgan fingerprint density at radius 1 is 0.917 bits per heavy atom. The second kappa shape index (κ2) is 12.4. The van der Waals surface area contributed by atoms with Gasteiger partial charge in [-0.1, -0.05) is 60.7 Å². The van der Waals surface area contributed by atoms with Crippen LogP contribution in [-0.4, -0.2) is 43.8 Å². The van der Waals surface area contributed by atoms with E-state index in [1.807, 2.05) is 42.7 Å². The lowest BCUT2D eigenvalue weighted by molar-refractivity contribution is -0.274. The maximum atomic E-state index is 13.6. The zero-order chi connectivity index (χ0) is 33.5. The average molecular weight is 653 g/mol. The molecule has 1 amide bonds. The molecule has 244 valence electrons. The van der Waals surface area contributed by atoms with Crippen LogP contribution in [0.15, 0.2) is 102 Å². The second-order valence-corrected chi connectivity index (χ2v) is 12.2. The molecule has 0 spiro atoms. The quantitative estimate of drug-likeness (QED) is 0.208. The van der Waals surface area contributed by atoms with Crippen molar-refractivity contribution in [1.29, 1.82) is 0 Å². The van der Waals surface area contributed by atoms with Crippen molar-refractivity contribution >= 4 is 5.91 Å². The summed E-state index contributed by atoms with van der Waals surface area (Å²) in [6.45, 7) is 0.300. The van der Waals surface area contributed by atoms with Crippen LogP contribution in [0.3, 0.4) is 0 Å². The number of aliphatic hydroxyl groups excluding tert-OH is 1. The summed E-state index contributed by atoms with van der Waals surface area (Å²) in [6.07, 6.45) is -0.0422. The lowest BCUT2D eigenvalue weighted by atomic mass is 9.93. The number of fused-ring (bicyclic) bond motifs is 1. The number of alkyl halides is 3. The van der Waals surface area contributed by atoms with E-state index in [0.29, 0.717) is 47.6 Å². The minimum Gasteiger partial charge on any atom is -0.406 e. The first kappa shape index (κ1) is 31.3. The minimum atomic E-state index is -4.83. The summed E-state index contributed by atoms with van der Waals surface area (Å²) in [7, 11) is 0. The number of aromatic amines is 1. The van der Waals surface area contributed by atoms with Crippen LogP contribution in [0.2, 0.25) is 0 Å². The van der Waals surface area contributed by atoms with Crippen LogP contribution in [0.1, 0.15) is 53.6 Å². The van der Waals surface area contributed by atoms with Gasteiger partial charge in [0.25, 0.3) is 11.5 Å². The number of benzene rings is 3. The van der Waals surface area contributed by atoms with Crippen LogP contribution < -0.4 is 10.3 Å². The molecule has 48 heavy (non-hydrogen) atoms. The predicted molar refractivity (Wildman–Crippen MR) is 172 cm³/mol. The molecular weight excluding hydrogens is 621 g/mol. The summed E-state index contributed by atoms with van der Waals surface area (Å²) in [5.74, 6) is -0.364. The Kier molecular flexibility index (Phi) is 8.08. The summed E-state index contributed by atoms with van der Waals surface area (Å²) >= 11 is 0. The average Bonchev–Trinajstić information content (AvgIpc) is 3.93. The molecule has 0 saturated heterocycles. The number of rotatable bonds is 7. The first-order valence-corrected chi connectivity index (χ1v) is 15.7. The van der Waals surface area contributed by atoms with Crippen LogP contribution in [0.25, 0.3) is 22.3 Å².